The SMILES string of the molecule is Cc1ccc(S(=O)(=O)N(CC(=O)Cc2ccc(F)cc2F)c2ccc(Cl)cc2)cc1. The van der Waals surface area contributed by atoms with Gasteiger partial charge in [0.15, 0.2) is 5.78 Å². The first-order valence-corrected chi connectivity index (χ1v) is 10.8. The van der Waals surface area contributed by atoms with Gasteiger partial charge < -0.3 is 0 Å². The summed E-state index contributed by atoms with van der Waals surface area (Å²) < 4.78 is 54.5. The van der Waals surface area contributed by atoms with Gasteiger partial charge in [0.25, 0.3) is 10.0 Å². The molecule has 0 radical (unpaired) electrons. The Morgan fingerprint density at radius 3 is 2.20 bits per heavy atom. The smallest absolute Gasteiger partial charge is 0.264 e. The van der Waals surface area contributed by atoms with E-state index in [4.69, 9.17) is 11.6 Å². The molecule has 0 atom stereocenters. The zero-order chi connectivity index (χ0) is 21.9. The van der Waals surface area contributed by atoms with Crippen LogP contribution in [0.5, 0.6) is 0 Å². The predicted molar refractivity (Wildman–Crippen MR) is 112 cm³/mol. The maximum atomic E-state index is 13.9. The Hall–Kier alpha value is -2.77. The lowest BCUT2D eigenvalue weighted by Crippen LogP contribution is -2.36. The highest BCUT2D eigenvalue weighted by molar-refractivity contribution is 7.92. The van der Waals surface area contributed by atoms with Crippen molar-refractivity contribution in [3.05, 3.63) is 94.5 Å². The van der Waals surface area contributed by atoms with Crippen LogP contribution >= 0.6 is 11.6 Å². The van der Waals surface area contributed by atoms with Gasteiger partial charge in [0.05, 0.1) is 17.1 Å². The Balaban J connectivity index is 1.94. The summed E-state index contributed by atoms with van der Waals surface area (Å²) in [6, 6.07) is 15.1. The molecule has 0 amide bonds. The van der Waals surface area contributed by atoms with Gasteiger partial charge in [-0.05, 0) is 55.0 Å². The molecule has 0 N–H and O–H groups in total. The third-order valence-electron chi connectivity index (χ3n) is 4.45. The summed E-state index contributed by atoms with van der Waals surface area (Å²) in [5.74, 6) is -2.16. The second-order valence-corrected chi connectivity index (χ2v) is 9.05. The minimum Gasteiger partial charge on any atom is -0.297 e. The second kappa shape index (κ2) is 8.93. The van der Waals surface area contributed by atoms with Crippen molar-refractivity contribution < 1.29 is 22.0 Å². The Labute approximate surface area is 178 Å². The first kappa shape index (κ1) is 21.9. The molecule has 8 heteroatoms. The van der Waals surface area contributed by atoms with Gasteiger partial charge in [0, 0.05) is 17.5 Å². The van der Waals surface area contributed by atoms with E-state index >= 15 is 0 Å². The Morgan fingerprint density at radius 2 is 1.60 bits per heavy atom. The van der Waals surface area contributed by atoms with E-state index in [1.165, 1.54) is 42.5 Å². The van der Waals surface area contributed by atoms with Gasteiger partial charge >= 0.3 is 0 Å². The molecular formula is C22H18ClF2NO3S. The molecule has 0 aliphatic rings. The van der Waals surface area contributed by atoms with Crippen LogP contribution in [0.4, 0.5) is 14.5 Å². The lowest BCUT2D eigenvalue weighted by molar-refractivity contribution is -0.117. The number of halogens is 3. The van der Waals surface area contributed by atoms with Crippen LogP contribution in [0.15, 0.2) is 71.6 Å². The molecule has 30 heavy (non-hydrogen) atoms. The van der Waals surface area contributed by atoms with Gasteiger partial charge in [-0.25, -0.2) is 17.2 Å². The molecule has 0 aliphatic heterocycles. The van der Waals surface area contributed by atoms with E-state index < -0.39 is 34.0 Å². The van der Waals surface area contributed by atoms with Gasteiger partial charge in [0.2, 0.25) is 0 Å². The van der Waals surface area contributed by atoms with E-state index in [1.807, 2.05) is 6.92 Å². The number of sulfonamides is 1. The van der Waals surface area contributed by atoms with Crippen LogP contribution in [-0.4, -0.2) is 20.7 Å². The van der Waals surface area contributed by atoms with Gasteiger partial charge in [-0.3, -0.25) is 9.10 Å². The van der Waals surface area contributed by atoms with E-state index in [9.17, 15) is 22.0 Å². The van der Waals surface area contributed by atoms with Crippen molar-refractivity contribution in [2.45, 2.75) is 18.2 Å². The van der Waals surface area contributed by atoms with Crippen LogP contribution < -0.4 is 4.31 Å². The quantitative estimate of drug-likeness (QED) is 0.513. The van der Waals surface area contributed by atoms with Crippen LogP contribution in [0.2, 0.25) is 5.02 Å². The molecule has 3 aromatic carbocycles. The number of nitrogens with zero attached hydrogens (tertiary/aromatic N) is 1. The summed E-state index contributed by atoms with van der Waals surface area (Å²) in [5, 5.41) is 0.408. The van der Waals surface area contributed by atoms with E-state index in [0.717, 1.165) is 15.9 Å². The largest absolute Gasteiger partial charge is 0.297 e. The van der Waals surface area contributed by atoms with E-state index in [0.29, 0.717) is 11.1 Å². The number of ketones is 1. The maximum Gasteiger partial charge on any atom is 0.264 e. The molecule has 3 rings (SSSR count). The Morgan fingerprint density at radius 1 is 0.967 bits per heavy atom. The highest BCUT2D eigenvalue weighted by atomic mass is 35.5. The van der Waals surface area contributed by atoms with Crippen molar-refractivity contribution in [1.29, 1.82) is 0 Å². The van der Waals surface area contributed by atoms with Gasteiger partial charge in [-0.2, -0.15) is 0 Å². The lowest BCUT2D eigenvalue weighted by atomic mass is 10.1. The average molecular weight is 450 g/mol. The third kappa shape index (κ3) is 5.04. The van der Waals surface area contributed by atoms with Crippen molar-refractivity contribution >= 4 is 33.1 Å². The Bertz CT molecular complexity index is 1160. The summed E-state index contributed by atoms with van der Waals surface area (Å²) in [6.07, 6.45) is -0.375. The zero-order valence-corrected chi connectivity index (χ0v) is 17.6. The van der Waals surface area contributed by atoms with Crippen LogP contribution in [0.25, 0.3) is 0 Å². The highest BCUT2D eigenvalue weighted by Gasteiger charge is 2.27. The maximum absolute atomic E-state index is 13.9. The molecule has 0 heterocycles. The molecule has 4 nitrogen and oxygen atoms in total. The summed E-state index contributed by atoms with van der Waals surface area (Å²) in [7, 11) is -4.07. The van der Waals surface area contributed by atoms with Crippen molar-refractivity contribution in [2.75, 3.05) is 10.8 Å². The Kier molecular flexibility index (Phi) is 6.53. The number of hydrogen-bond donors (Lipinski definition) is 0. The third-order valence-corrected chi connectivity index (χ3v) is 6.49. The van der Waals surface area contributed by atoms with Gasteiger partial charge in [0.1, 0.15) is 11.6 Å². The molecule has 156 valence electrons. The molecule has 0 fully saturated rings. The van der Waals surface area contributed by atoms with Crippen molar-refractivity contribution in [1.82, 2.24) is 0 Å². The van der Waals surface area contributed by atoms with Crippen LogP contribution in [0.1, 0.15) is 11.1 Å². The molecule has 0 aliphatic carbocycles. The van der Waals surface area contributed by atoms with E-state index in [2.05, 4.69) is 0 Å². The first-order valence-electron chi connectivity index (χ1n) is 8.97. The van der Waals surface area contributed by atoms with E-state index in [1.54, 1.807) is 12.1 Å². The minimum atomic E-state index is -4.07. The van der Waals surface area contributed by atoms with Crippen LogP contribution in [0.3, 0.4) is 0 Å². The number of carbonyl (C=O) groups is 1. The topological polar surface area (TPSA) is 54.5 Å². The van der Waals surface area contributed by atoms with Crippen molar-refractivity contribution in [3.63, 3.8) is 0 Å². The summed E-state index contributed by atoms with van der Waals surface area (Å²) >= 11 is 5.90. The molecule has 3 aromatic rings. The van der Waals surface area contributed by atoms with Gasteiger partial charge in [-0.15, -0.1) is 0 Å². The average Bonchev–Trinajstić information content (AvgIpc) is 2.69. The summed E-state index contributed by atoms with van der Waals surface area (Å²) in [6.45, 7) is 1.31. The number of carbonyl (C=O) groups excluding carboxylic acids is 1. The molecule has 0 aromatic heterocycles. The number of hydrogen-bond acceptors (Lipinski definition) is 3. The summed E-state index contributed by atoms with van der Waals surface area (Å²) in [5.41, 5.74) is 1.12. The number of anilines is 1. The van der Waals surface area contributed by atoms with Crippen molar-refractivity contribution in [3.8, 4) is 0 Å². The van der Waals surface area contributed by atoms with Crippen LogP contribution in [-0.2, 0) is 21.2 Å². The predicted octanol–water partition coefficient (Wildman–Crippen LogP) is 4.93. The summed E-state index contributed by atoms with van der Waals surface area (Å²) in [4.78, 5) is 12.7. The van der Waals surface area contributed by atoms with Crippen LogP contribution in [0, 0.1) is 18.6 Å². The highest BCUT2D eigenvalue weighted by Crippen LogP contribution is 2.26. The number of aryl methyl sites for hydroxylation is 1. The monoisotopic (exact) mass is 449 g/mol. The fraction of sp³-hybridized carbons (Fsp3) is 0.136. The standard InChI is InChI=1S/C22H18ClF2NO3S/c1-15-2-10-21(11-3-15)30(28,29)26(19-8-5-17(23)6-9-19)14-20(27)12-16-4-7-18(24)13-22(16)25/h2-11,13H,12,14H2,1H3. The molecule has 0 saturated heterocycles. The minimum absolute atomic E-state index is 0.00908. The fourth-order valence-electron chi connectivity index (χ4n) is 2.85. The lowest BCUT2D eigenvalue weighted by Gasteiger charge is -2.24. The number of benzene rings is 3. The first-order chi connectivity index (χ1) is 14.2. The molecular weight excluding hydrogens is 432 g/mol. The molecule has 0 saturated carbocycles. The molecule has 0 bridgehead atoms. The van der Waals surface area contributed by atoms with E-state index in [-0.39, 0.29) is 22.6 Å². The zero-order valence-electron chi connectivity index (χ0n) is 16.0. The normalized spacial score (nSPS) is 11.3. The molecule has 0 spiro atoms. The van der Waals surface area contributed by atoms with Gasteiger partial charge in [-0.1, -0.05) is 35.4 Å². The fourth-order valence-corrected chi connectivity index (χ4v) is 4.43. The number of rotatable bonds is 7. The number of Topliss-reactive ketones (excluding diaryl/α,β-unsaturated/α-hetero) is 1. The molecule has 0 unspecified atom stereocenters. The van der Waals surface area contributed by atoms with Crippen molar-refractivity contribution in [2.24, 2.45) is 0 Å². The second-order valence-electron chi connectivity index (χ2n) is 6.75.